The number of benzene rings is 1. The van der Waals surface area contributed by atoms with E-state index in [-0.39, 0.29) is 0 Å². The smallest absolute Gasteiger partial charge is 0.388 e. The minimum absolute atomic E-state index is 0.358. The zero-order chi connectivity index (χ0) is 16.5. The van der Waals surface area contributed by atoms with Crippen LogP contribution in [0, 0.1) is 5.92 Å². The Morgan fingerprint density at radius 1 is 1.29 bits per heavy atom. The van der Waals surface area contributed by atoms with E-state index >= 15 is 0 Å². The molecule has 1 aliphatic heterocycles. The van der Waals surface area contributed by atoms with Gasteiger partial charge in [-0.3, -0.25) is 0 Å². The fraction of sp³-hybridized carbons (Fsp3) is 0.556. The van der Waals surface area contributed by atoms with Gasteiger partial charge in [0.1, 0.15) is 0 Å². The van der Waals surface area contributed by atoms with Crippen LogP contribution >= 0.6 is 0 Å². The van der Waals surface area contributed by atoms with Crippen LogP contribution in [-0.4, -0.2) is 29.3 Å². The van der Waals surface area contributed by atoms with E-state index in [1.54, 1.807) is 0 Å². The first-order valence-corrected chi connectivity index (χ1v) is 8.88. The van der Waals surface area contributed by atoms with Crippen LogP contribution in [0.25, 0.3) is 11.5 Å². The van der Waals surface area contributed by atoms with E-state index in [0.717, 1.165) is 43.8 Å². The molecule has 4 rings (SSSR count). The lowest BCUT2D eigenvalue weighted by molar-refractivity contribution is 0.325. The maximum atomic E-state index is 11.2. The van der Waals surface area contributed by atoms with Gasteiger partial charge in [-0.25, -0.2) is 9.89 Å². The topological polar surface area (TPSA) is 88.1 Å². The van der Waals surface area contributed by atoms with Crippen LogP contribution in [-0.2, 0) is 6.42 Å². The van der Waals surface area contributed by atoms with Crippen molar-refractivity contribution in [2.45, 2.75) is 44.6 Å². The van der Waals surface area contributed by atoms with E-state index in [4.69, 9.17) is 10.2 Å². The average Bonchev–Trinajstić information content (AvgIpc) is 3.03. The van der Waals surface area contributed by atoms with E-state index in [0.29, 0.717) is 11.9 Å². The highest BCUT2D eigenvalue weighted by Gasteiger charge is 2.24. The first-order valence-electron chi connectivity index (χ1n) is 8.88. The number of hydrogen-bond acceptors (Lipinski definition) is 5. The zero-order valence-corrected chi connectivity index (χ0v) is 13.8. The first kappa shape index (κ1) is 15.4. The summed E-state index contributed by atoms with van der Waals surface area (Å²) >= 11 is 0. The third kappa shape index (κ3) is 3.11. The van der Waals surface area contributed by atoms with Crippen LogP contribution < -0.4 is 16.4 Å². The summed E-state index contributed by atoms with van der Waals surface area (Å²) < 4.78 is 5.10. The number of fused-ring (bicyclic) bond motifs is 1. The molecule has 0 spiro atoms. The molecule has 0 unspecified atom stereocenters. The van der Waals surface area contributed by atoms with Crippen LogP contribution in [0.15, 0.2) is 27.4 Å². The van der Waals surface area contributed by atoms with Crippen molar-refractivity contribution in [3.63, 3.8) is 0 Å². The maximum Gasteiger partial charge on any atom is 0.434 e. The number of H-pyrrole nitrogens is 1. The Balaban J connectivity index is 1.57. The minimum atomic E-state index is -0.516. The van der Waals surface area contributed by atoms with E-state index < -0.39 is 5.76 Å². The normalized spacial score (nSPS) is 24.0. The molecule has 128 valence electrons. The Hall–Kier alpha value is -2.08. The highest BCUT2D eigenvalue weighted by atomic mass is 16.4. The summed E-state index contributed by atoms with van der Waals surface area (Å²) in [7, 11) is 0. The SMILES string of the molecule is N[C@H]1CC[C@H](CN2CCCc3ccc(-c4n[nH]c(=O)o4)cc32)CC1. The first-order chi connectivity index (χ1) is 11.7. The molecular formula is C18H24N4O2. The lowest BCUT2D eigenvalue weighted by Gasteiger charge is -2.36. The Morgan fingerprint density at radius 2 is 2.12 bits per heavy atom. The van der Waals surface area contributed by atoms with Crippen molar-refractivity contribution in [2.24, 2.45) is 11.7 Å². The maximum absolute atomic E-state index is 11.2. The van der Waals surface area contributed by atoms with Crippen molar-refractivity contribution < 1.29 is 4.42 Å². The van der Waals surface area contributed by atoms with Gasteiger partial charge in [-0.05, 0) is 62.1 Å². The Kier molecular flexibility index (Phi) is 4.14. The molecular weight excluding hydrogens is 304 g/mol. The second-order valence-corrected chi connectivity index (χ2v) is 7.09. The molecule has 1 aliphatic carbocycles. The van der Waals surface area contributed by atoms with Crippen molar-refractivity contribution in [3.05, 3.63) is 34.3 Å². The highest BCUT2D eigenvalue weighted by molar-refractivity contribution is 5.66. The second-order valence-electron chi connectivity index (χ2n) is 7.09. The number of aromatic nitrogens is 2. The van der Waals surface area contributed by atoms with Gasteiger partial charge in [0.05, 0.1) is 0 Å². The lowest BCUT2D eigenvalue weighted by atomic mass is 9.85. The molecule has 2 aliphatic rings. The van der Waals surface area contributed by atoms with E-state index in [2.05, 4.69) is 27.2 Å². The second kappa shape index (κ2) is 6.43. The predicted octanol–water partition coefficient (Wildman–Crippen LogP) is 2.30. The van der Waals surface area contributed by atoms with Gasteiger partial charge >= 0.3 is 5.76 Å². The van der Waals surface area contributed by atoms with E-state index in [1.807, 2.05) is 6.07 Å². The van der Waals surface area contributed by atoms with Crippen molar-refractivity contribution >= 4 is 5.69 Å². The monoisotopic (exact) mass is 328 g/mol. The van der Waals surface area contributed by atoms with Crippen LogP contribution in [0.2, 0.25) is 0 Å². The molecule has 0 amide bonds. The minimum Gasteiger partial charge on any atom is -0.388 e. The third-order valence-corrected chi connectivity index (χ3v) is 5.36. The summed E-state index contributed by atoms with van der Waals surface area (Å²) in [5.41, 5.74) is 9.52. The molecule has 2 heterocycles. The van der Waals surface area contributed by atoms with Crippen molar-refractivity contribution in [3.8, 4) is 11.5 Å². The zero-order valence-electron chi connectivity index (χ0n) is 13.8. The number of aryl methyl sites for hydroxylation is 1. The number of nitrogens with zero attached hydrogens (tertiary/aromatic N) is 2. The highest BCUT2D eigenvalue weighted by Crippen LogP contribution is 2.33. The summed E-state index contributed by atoms with van der Waals surface area (Å²) in [5.74, 6) is 0.567. The number of nitrogens with one attached hydrogen (secondary N) is 1. The predicted molar refractivity (Wildman–Crippen MR) is 93.0 cm³/mol. The van der Waals surface area contributed by atoms with Gasteiger partial charge in [0, 0.05) is 30.4 Å². The quantitative estimate of drug-likeness (QED) is 0.902. The fourth-order valence-electron chi connectivity index (χ4n) is 4.01. The number of nitrogens with two attached hydrogens (primary N) is 1. The summed E-state index contributed by atoms with van der Waals surface area (Å²) in [6, 6.07) is 6.63. The van der Waals surface area contributed by atoms with Crippen molar-refractivity contribution in [1.29, 1.82) is 0 Å². The molecule has 0 bridgehead atoms. The molecule has 1 aromatic heterocycles. The van der Waals surface area contributed by atoms with Gasteiger partial charge in [-0.2, -0.15) is 0 Å². The molecule has 2 aromatic rings. The summed E-state index contributed by atoms with van der Waals surface area (Å²) in [6.45, 7) is 2.18. The average molecular weight is 328 g/mol. The number of hydrogen-bond donors (Lipinski definition) is 2. The van der Waals surface area contributed by atoms with Crippen LogP contribution in [0.1, 0.15) is 37.7 Å². The summed E-state index contributed by atoms with van der Waals surface area (Å²) in [4.78, 5) is 13.7. The molecule has 1 aromatic carbocycles. The third-order valence-electron chi connectivity index (χ3n) is 5.36. The summed E-state index contributed by atoms with van der Waals surface area (Å²) in [6.07, 6.45) is 7.03. The molecule has 3 N–H and O–H groups in total. The van der Waals surface area contributed by atoms with Gasteiger partial charge in [-0.1, -0.05) is 6.07 Å². The molecule has 6 nitrogen and oxygen atoms in total. The van der Waals surface area contributed by atoms with Gasteiger partial charge in [-0.15, -0.1) is 5.10 Å². The van der Waals surface area contributed by atoms with Crippen molar-refractivity contribution in [2.75, 3.05) is 18.0 Å². The summed E-state index contributed by atoms with van der Waals surface area (Å²) in [5, 5.41) is 6.28. The molecule has 1 saturated carbocycles. The van der Waals surface area contributed by atoms with Gasteiger partial charge in [0.15, 0.2) is 0 Å². The Bertz CT molecular complexity index is 758. The largest absolute Gasteiger partial charge is 0.434 e. The number of anilines is 1. The Morgan fingerprint density at radius 3 is 2.88 bits per heavy atom. The standard InChI is InChI=1S/C18H24N4O2/c19-15-7-3-12(4-8-15)11-22-9-1-2-13-5-6-14(10-16(13)22)17-20-21-18(23)24-17/h5-6,10,12,15H,1-4,7-9,11,19H2,(H,21,23)/t12-,15-. The Labute approximate surface area is 141 Å². The van der Waals surface area contributed by atoms with Crippen molar-refractivity contribution in [1.82, 2.24) is 10.2 Å². The molecule has 0 atom stereocenters. The molecule has 0 radical (unpaired) electrons. The number of aromatic amines is 1. The molecule has 1 fully saturated rings. The number of rotatable bonds is 3. The van der Waals surface area contributed by atoms with E-state index in [9.17, 15) is 4.79 Å². The molecule has 6 heteroatoms. The van der Waals surface area contributed by atoms with Crippen LogP contribution in [0.4, 0.5) is 5.69 Å². The van der Waals surface area contributed by atoms with Gasteiger partial charge < -0.3 is 15.1 Å². The molecule has 0 saturated heterocycles. The van der Waals surface area contributed by atoms with Crippen LogP contribution in [0.3, 0.4) is 0 Å². The molecule has 24 heavy (non-hydrogen) atoms. The van der Waals surface area contributed by atoms with E-state index in [1.165, 1.54) is 30.5 Å². The fourth-order valence-corrected chi connectivity index (χ4v) is 4.01. The van der Waals surface area contributed by atoms with Gasteiger partial charge in [0.25, 0.3) is 0 Å². The van der Waals surface area contributed by atoms with Crippen LogP contribution in [0.5, 0.6) is 0 Å². The van der Waals surface area contributed by atoms with Gasteiger partial charge in [0.2, 0.25) is 5.89 Å². The lowest BCUT2D eigenvalue weighted by Crippen LogP contribution is -2.37.